The van der Waals surface area contributed by atoms with Crippen molar-refractivity contribution in [2.45, 2.75) is 32.9 Å². The number of nitrogens with zero attached hydrogens (tertiary/aromatic N) is 2. The third kappa shape index (κ3) is 6.08. The molecule has 0 unspecified atom stereocenters. The number of thioether (sulfide) groups is 1. The number of anilines is 2. The summed E-state index contributed by atoms with van der Waals surface area (Å²) in [5, 5.41) is 13.0. The maximum Gasteiger partial charge on any atom is 0.341 e. The van der Waals surface area contributed by atoms with Crippen LogP contribution in [0.3, 0.4) is 0 Å². The van der Waals surface area contributed by atoms with Crippen LogP contribution in [0.5, 0.6) is 0 Å². The van der Waals surface area contributed by atoms with E-state index in [0.717, 1.165) is 28.7 Å². The molecule has 34 heavy (non-hydrogen) atoms. The maximum absolute atomic E-state index is 12.6. The van der Waals surface area contributed by atoms with Crippen molar-refractivity contribution in [2.24, 2.45) is 0 Å². The van der Waals surface area contributed by atoms with Gasteiger partial charge in [0, 0.05) is 18.2 Å². The van der Waals surface area contributed by atoms with Crippen molar-refractivity contribution in [2.75, 3.05) is 23.0 Å². The van der Waals surface area contributed by atoms with Crippen LogP contribution in [-0.4, -0.2) is 51.1 Å². The average molecular weight is 502 g/mol. The minimum absolute atomic E-state index is 0.0160. The molecule has 2 heterocycles. The predicted molar refractivity (Wildman–Crippen MR) is 130 cm³/mol. The van der Waals surface area contributed by atoms with Crippen molar-refractivity contribution in [3.63, 3.8) is 0 Å². The summed E-state index contributed by atoms with van der Waals surface area (Å²) in [6, 6.07) is 7.11. The van der Waals surface area contributed by atoms with Gasteiger partial charge in [0.1, 0.15) is 5.00 Å². The fraction of sp³-hybridized carbons (Fsp3) is 0.273. The first-order chi connectivity index (χ1) is 16.2. The fourth-order valence-corrected chi connectivity index (χ4v) is 4.77. The van der Waals surface area contributed by atoms with Crippen molar-refractivity contribution in [1.29, 1.82) is 0 Å². The SMILES string of the molecule is CCOC(=O)c1c(NC(=O)CSc2n[nH]c(-c3cccc(NC(C)=O)c3)n2)sc(C(C)=O)c1C. The summed E-state index contributed by atoms with van der Waals surface area (Å²) >= 11 is 2.15. The van der Waals surface area contributed by atoms with Gasteiger partial charge in [-0.3, -0.25) is 19.5 Å². The fourth-order valence-electron chi connectivity index (χ4n) is 3.07. The first kappa shape index (κ1) is 25.1. The van der Waals surface area contributed by atoms with Gasteiger partial charge >= 0.3 is 5.97 Å². The van der Waals surface area contributed by atoms with Crippen molar-refractivity contribution >= 4 is 57.4 Å². The van der Waals surface area contributed by atoms with Crippen molar-refractivity contribution in [1.82, 2.24) is 15.2 Å². The van der Waals surface area contributed by atoms with Gasteiger partial charge in [-0.1, -0.05) is 23.9 Å². The molecule has 12 heteroatoms. The lowest BCUT2D eigenvalue weighted by Gasteiger charge is -2.06. The van der Waals surface area contributed by atoms with E-state index in [2.05, 4.69) is 25.8 Å². The highest BCUT2D eigenvalue weighted by atomic mass is 32.2. The molecule has 0 bridgehead atoms. The summed E-state index contributed by atoms with van der Waals surface area (Å²) in [6.45, 7) is 6.34. The number of hydrogen-bond donors (Lipinski definition) is 3. The summed E-state index contributed by atoms with van der Waals surface area (Å²) in [4.78, 5) is 52.9. The number of ether oxygens (including phenoxy) is 1. The number of Topliss-reactive ketones (excluding diaryl/α,β-unsaturated/α-hetero) is 1. The molecule has 0 fully saturated rings. The largest absolute Gasteiger partial charge is 0.462 e. The molecule has 2 aromatic heterocycles. The lowest BCUT2D eigenvalue weighted by atomic mass is 10.1. The third-order valence-electron chi connectivity index (χ3n) is 4.45. The molecule has 0 atom stereocenters. The van der Waals surface area contributed by atoms with E-state index in [1.807, 2.05) is 6.07 Å². The maximum atomic E-state index is 12.6. The van der Waals surface area contributed by atoms with Crippen LogP contribution >= 0.6 is 23.1 Å². The van der Waals surface area contributed by atoms with E-state index in [9.17, 15) is 19.2 Å². The lowest BCUT2D eigenvalue weighted by Crippen LogP contribution is -2.16. The van der Waals surface area contributed by atoms with Gasteiger partial charge in [-0.25, -0.2) is 9.78 Å². The number of hydrogen-bond acceptors (Lipinski definition) is 9. The van der Waals surface area contributed by atoms with Crippen LogP contribution < -0.4 is 10.6 Å². The third-order valence-corrected chi connectivity index (χ3v) is 6.61. The smallest absolute Gasteiger partial charge is 0.341 e. The first-order valence-electron chi connectivity index (χ1n) is 10.2. The van der Waals surface area contributed by atoms with Gasteiger partial charge in [-0.15, -0.1) is 16.4 Å². The molecule has 0 saturated heterocycles. The Balaban J connectivity index is 1.68. The number of thiophene rings is 1. The number of carbonyl (C=O) groups excluding carboxylic acids is 4. The van der Waals surface area contributed by atoms with E-state index in [4.69, 9.17) is 4.74 Å². The molecule has 0 saturated carbocycles. The van der Waals surface area contributed by atoms with E-state index in [1.54, 1.807) is 32.0 Å². The number of H-pyrrole nitrogens is 1. The van der Waals surface area contributed by atoms with Crippen LogP contribution in [0.25, 0.3) is 11.4 Å². The quantitative estimate of drug-likeness (QED) is 0.227. The highest BCUT2D eigenvalue weighted by Gasteiger charge is 2.25. The van der Waals surface area contributed by atoms with Gasteiger partial charge in [0.2, 0.25) is 17.0 Å². The van der Waals surface area contributed by atoms with Crippen molar-refractivity contribution in [3.05, 3.63) is 40.3 Å². The lowest BCUT2D eigenvalue weighted by molar-refractivity contribution is -0.114. The van der Waals surface area contributed by atoms with Gasteiger partial charge < -0.3 is 15.4 Å². The van der Waals surface area contributed by atoms with Crippen LogP contribution in [-0.2, 0) is 14.3 Å². The van der Waals surface area contributed by atoms with Gasteiger partial charge in [0.05, 0.1) is 22.8 Å². The number of benzene rings is 1. The Kier molecular flexibility index (Phi) is 8.18. The van der Waals surface area contributed by atoms with Crippen molar-refractivity contribution in [3.8, 4) is 11.4 Å². The zero-order valence-electron chi connectivity index (χ0n) is 19.0. The van der Waals surface area contributed by atoms with Crippen LogP contribution in [0, 0.1) is 6.92 Å². The number of amides is 2. The molecule has 10 nitrogen and oxygen atoms in total. The summed E-state index contributed by atoms with van der Waals surface area (Å²) in [5.41, 5.74) is 2.03. The highest BCUT2D eigenvalue weighted by molar-refractivity contribution is 7.99. The molecular weight excluding hydrogens is 478 g/mol. The Morgan fingerprint density at radius 1 is 1.18 bits per heavy atom. The van der Waals surface area contributed by atoms with E-state index in [0.29, 0.717) is 27.1 Å². The summed E-state index contributed by atoms with van der Waals surface area (Å²) in [7, 11) is 0. The van der Waals surface area contributed by atoms with E-state index >= 15 is 0 Å². The summed E-state index contributed by atoms with van der Waals surface area (Å²) < 4.78 is 5.08. The van der Waals surface area contributed by atoms with E-state index < -0.39 is 5.97 Å². The molecule has 0 radical (unpaired) electrons. The monoisotopic (exact) mass is 501 g/mol. The zero-order chi connectivity index (χ0) is 24.8. The molecule has 0 aliphatic heterocycles. The molecule has 0 aliphatic carbocycles. The van der Waals surface area contributed by atoms with Crippen molar-refractivity contribution < 1.29 is 23.9 Å². The topological polar surface area (TPSA) is 143 Å². The first-order valence-corrected chi connectivity index (χ1v) is 12.0. The predicted octanol–water partition coefficient (Wildman–Crippen LogP) is 3.91. The average Bonchev–Trinajstić information content (AvgIpc) is 3.37. The Hall–Kier alpha value is -3.51. The number of esters is 1. The molecule has 2 amide bonds. The molecule has 0 spiro atoms. The molecule has 0 aliphatic rings. The van der Waals surface area contributed by atoms with E-state index in [-0.39, 0.29) is 40.5 Å². The van der Waals surface area contributed by atoms with Gasteiger partial charge in [-0.05, 0) is 38.5 Å². The zero-order valence-corrected chi connectivity index (χ0v) is 20.6. The van der Waals surface area contributed by atoms with Crippen LogP contribution in [0.2, 0.25) is 0 Å². The molecule has 3 aromatic rings. The standard InChI is InChI=1S/C22H23N5O5S2/c1-5-32-21(31)17-11(2)18(12(3)28)34-20(17)24-16(30)10-33-22-25-19(26-27-22)14-7-6-8-15(9-14)23-13(4)29/h6-9H,5,10H2,1-4H3,(H,23,29)(H,24,30)(H,25,26,27). The number of nitrogens with one attached hydrogen (secondary N) is 3. The number of rotatable bonds is 9. The second-order valence-electron chi connectivity index (χ2n) is 7.10. The van der Waals surface area contributed by atoms with Gasteiger partial charge in [0.15, 0.2) is 11.6 Å². The van der Waals surface area contributed by atoms with Crippen LogP contribution in [0.4, 0.5) is 10.7 Å². The second-order valence-corrected chi connectivity index (χ2v) is 9.07. The molecule has 1 aromatic carbocycles. The minimum atomic E-state index is -0.591. The number of aromatic amines is 1. The minimum Gasteiger partial charge on any atom is -0.462 e. The Morgan fingerprint density at radius 3 is 2.62 bits per heavy atom. The van der Waals surface area contributed by atoms with E-state index in [1.165, 1.54) is 13.8 Å². The van der Waals surface area contributed by atoms with Gasteiger partial charge in [-0.2, -0.15) is 0 Å². The van der Waals surface area contributed by atoms with Crippen LogP contribution in [0.15, 0.2) is 29.4 Å². The molecular formula is C22H23N5O5S2. The summed E-state index contributed by atoms with van der Waals surface area (Å²) in [6.07, 6.45) is 0. The number of aromatic nitrogens is 3. The Labute approximate surface area is 203 Å². The Bertz CT molecular complexity index is 1250. The number of ketones is 1. The molecule has 3 rings (SSSR count). The highest BCUT2D eigenvalue weighted by Crippen LogP contribution is 2.34. The van der Waals surface area contributed by atoms with Gasteiger partial charge in [0.25, 0.3) is 0 Å². The normalized spacial score (nSPS) is 10.6. The molecule has 178 valence electrons. The second kappa shape index (κ2) is 11.1. The summed E-state index contributed by atoms with van der Waals surface area (Å²) in [5.74, 6) is -0.881. The van der Waals surface area contributed by atoms with Crippen LogP contribution in [0.1, 0.15) is 46.4 Å². The number of carbonyl (C=O) groups is 4. The molecule has 3 N–H and O–H groups in total. The Morgan fingerprint density at radius 2 is 1.94 bits per heavy atom.